The molecule has 0 aromatic heterocycles. The van der Waals surface area contributed by atoms with Crippen LogP contribution in [0.3, 0.4) is 0 Å². The number of nitrogens with zero attached hydrogens (tertiary/aromatic N) is 1. The van der Waals surface area contributed by atoms with Gasteiger partial charge in [0.15, 0.2) is 0 Å². The van der Waals surface area contributed by atoms with Gasteiger partial charge in [0, 0.05) is 5.56 Å². The second-order valence-electron chi connectivity index (χ2n) is 4.14. The number of hydrogen-bond donors (Lipinski definition) is 0. The van der Waals surface area contributed by atoms with Crippen LogP contribution < -0.4 is 4.74 Å². The summed E-state index contributed by atoms with van der Waals surface area (Å²) in [7, 11) is 1.65. The Morgan fingerprint density at radius 2 is 1.68 bits per heavy atom. The van der Waals surface area contributed by atoms with Gasteiger partial charge in [0.1, 0.15) is 12.4 Å². The van der Waals surface area contributed by atoms with Gasteiger partial charge in [-0.2, -0.15) is 0 Å². The molecule has 0 fully saturated rings. The van der Waals surface area contributed by atoms with Crippen LogP contribution in [-0.2, 0) is 11.4 Å². The second-order valence-corrected chi connectivity index (χ2v) is 4.14. The second kappa shape index (κ2) is 6.59. The highest BCUT2D eigenvalue weighted by atomic mass is 16.6. The summed E-state index contributed by atoms with van der Waals surface area (Å²) >= 11 is 0. The lowest BCUT2D eigenvalue weighted by molar-refractivity contribution is 0.130. The van der Waals surface area contributed by atoms with Crippen molar-refractivity contribution in [1.82, 2.24) is 0 Å². The molecule has 3 nitrogen and oxygen atoms in total. The van der Waals surface area contributed by atoms with Gasteiger partial charge >= 0.3 is 0 Å². The van der Waals surface area contributed by atoms with Crippen molar-refractivity contribution in [2.24, 2.45) is 5.16 Å². The molecule has 0 aliphatic heterocycles. The lowest BCUT2D eigenvalue weighted by Crippen LogP contribution is -2.00. The first kappa shape index (κ1) is 13.1. The smallest absolute Gasteiger partial charge is 0.142 e. The van der Waals surface area contributed by atoms with E-state index in [1.807, 2.05) is 61.5 Å². The van der Waals surface area contributed by atoms with Crippen LogP contribution in [0.25, 0.3) is 0 Å². The van der Waals surface area contributed by atoms with Gasteiger partial charge < -0.3 is 9.57 Å². The highest BCUT2D eigenvalue weighted by molar-refractivity contribution is 6.00. The quantitative estimate of drug-likeness (QED) is 0.603. The number of oxime groups is 1. The maximum Gasteiger partial charge on any atom is 0.142 e. The van der Waals surface area contributed by atoms with E-state index in [4.69, 9.17) is 9.57 Å². The standard InChI is InChI=1S/C16H17NO2/c1-13(15-10-6-7-11-16(15)18-2)17-19-12-14-8-4-3-5-9-14/h3-11H,12H2,1-2H3/b17-13+. The average Bonchev–Trinajstić information content (AvgIpc) is 2.48. The molecule has 2 aromatic carbocycles. The van der Waals surface area contributed by atoms with Crippen molar-refractivity contribution >= 4 is 5.71 Å². The van der Waals surface area contributed by atoms with Gasteiger partial charge in [-0.25, -0.2) is 0 Å². The number of ether oxygens (including phenoxy) is 1. The minimum atomic E-state index is 0.466. The van der Waals surface area contributed by atoms with Crippen LogP contribution in [0.2, 0.25) is 0 Å². The van der Waals surface area contributed by atoms with E-state index in [1.54, 1.807) is 7.11 Å². The molecule has 0 bridgehead atoms. The van der Waals surface area contributed by atoms with Crippen molar-refractivity contribution in [3.8, 4) is 5.75 Å². The Balaban J connectivity index is 2.03. The molecule has 19 heavy (non-hydrogen) atoms. The molecule has 0 N–H and O–H groups in total. The highest BCUT2D eigenvalue weighted by Crippen LogP contribution is 2.18. The van der Waals surface area contributed by atoms with Crippen molar-refractivity contribution in [3.63, 3.8) is 0 Å². The van der Waals surface area contributed by atoms with Crippen molar-refractivity contribution in [3.05, 3.63) is 65.7 Å². The third-order valence-electron chi connectivity index (χ3n) is 2.77. The van der Waals surface area contributed by atoms with E-state index in [0.29, 0.717) is 6.61 Å². The van der Waals surface area contributed by atoms with Gasteiger partial charge in [-0.15, -0.1) is 0 Å². The fourth-order valence-corrected chi connectivity index (χ4v) is 1.77. The number of benzene rings is 2. The third kappa shape index (κ3) is 3.58. The zero-order valence-electron chi connectivity index (χ0n) is 11.2. The molecule has 0 radical (unpaired) electrons. The minimum Gasteiger partial charge on any atom is -0.496 e. The summed E-state index contributed by atoms with van der Waals surface area (Å²) < 4.78 is 5.29. The van der Waals surface area contributed by atoms with Crippen LogP contribution in [0, 0.1) is 0 Å². The Labute approximate surface area is 113 Å². The van der Waals surface area contributed by atoms with E-state index in [1.165, 1.54) is 0 Å². The van der Waals surface area contributed by atoms with Gasteiger partial charge in [0.2, 0.25) is 0 Å². The summed E-state index contributed by atoms with van der Waals surface area (Å²) in [5, 5.41) is 4.13. The van der Waals surface area contributed by atoms with Crippen molar-refractivity contribution in [2.75, 3.05) is 7.11 Å². The van der Waals surface area contributed by atoms with Crippen LogP contribution in [0.5, 0.6) is 5.75 Å². The SMILES string of the molecule is COc1ccccc1/C(C)=N/OCc1ccccc1. The van der Waals surface area contributed by atoms with E-state index in [-0.39, 0.29) is 0 Å². The zero-order chi connectivity index (χ0) is 13.5. The van der Waals surface area contributed by atoms with Crippen LogP contribution in [0.4, 0.5) is 0 Å². The molecular weight excluding hydrogens is 238 g/mol. The van der Waals surface area contributed by atoms with Crippen molar-refractivity contribution in [1.29, 1.82) is 0 Å². The summed E-state index contributed by atoms with van der Waals surface area (Å²) in [4.78, 5) is 5.37. The number of rotatable bonds is 5. The highest BCUT2D eigenvalue weighted by Gasteiger charge is 2.05. The Morgan fingerprint density at radius 1 is 1.00 bits per heavy atom. The molecule has 0 atom stereocenters. The number of para-hydroxylation sites is 1. The summed E-state index contributed by atoms with van der Waals surface area (Å²) in [5.74, 6) is 0.798. The summed E-state index contributed by atoms with van der Waals surface area (Å²) in [6, 6.07) is 17.7. The fraction of sp³-hybridized carbons (Fsp3) is 0.188. The molecule has 0 aliphatic rings. The van der Waals surface area contributed by atoms with E-state index in [2.05, 4.69) is 5.16 Å². The van der Waals surface area contributed by atoms with Crippen molar-refractivity contribution in [2.45, 2.75) is 13.5 Å². The van der Waals surface area contributed by atoms with E-state index < -0.39 is 0 Å². The topological polar surface area (TPSA) is 30.8 Å². The summed E-state index contributed by atoms with van der Waals surface area (Å²) in [5.41, 5.74) is 2.84. The Hall–Kier alpha value is -2.29. The van der Waals surface area contributed by atoms with Gasteiger partial charge in [0.05, 0.1) is 12.8 Å². The number of methoxy groups -OCH3 is 1. The predicted molar refractivity (Wildman–Crippen MR) is 76.4 cm³/mol. The lowest BCUT2D eigenvalue weighted by Gasteiger charge is -2.07. The van der Waals surface area contributed by atoms with E-state index in [9.17, 15) is 0 Å². The summed E-state index contributed by atoms with van der Waals surface area (Å²) in [6.07, 6.45) is 0. The molecule has 0 saturated heterocycles. The Kier molecular flexibility index (Phi) is 4.56. The minimum absolute atomic E-state index is 0.466. The molecule has 0 unspecified atom stereocenters. The Morgan fingerprint density at radius 3 is 2.42 bits per heavy atom. The van der Waals surface area contributed by atoms with Crippen LogP contribution in [0.15, 0.2) is 59.8 Å². The normalized spacial score (nSPS) is 11.2. The first-order valence-corrected chi connectivity index (χ1v) is 6.15. The molecule has 0 amide bonds. The molecule has 0 saturated carbocycles. The van der Waals surface area contributed by atoms with Crippen LogP contribution in [0.1, 0.15) is 18.1 Å². The molecular formula is C16H17NO2. The van der Waals surface area contributed by atoms with Gasteiger partial charge in [-0.05, 0) is 24.6 Å². The molecule has 0 spiro atoms. The van der Waals surface area contributed by atoms with Crippen molar-refractivity contribution < 1.29 is 9.57 Å². The fourth-order valence-electron chi connectivity index (χ4n) is 1.77. The lowest BCUT2D eigenvalue weighted by atomic mass is 10.1. The predicted octanol–water partition coefficient (Wildman–Crippen LogP) is 3.64. The number of hydrogen-bond acceptors (Lipinski definition) is 3. The van der Waals surface area contributed by atoms with Crippen LogP contribution >= 0.6 is 0 Å². The first-order valence-electron chi connectivity index (χ1n) is 6.15. The maximum absolute atomic E-state index is 5.37. The maximum atomic E-state index is 5.37. The summed E-state index contributed by atoms with van der Waals surface area (Å²) in [6.45, 7) is 2.37. The molecule has 3 heteroatoms. The molecule has 0 heterocycles. The molecule has 2 aromatic rings. The van der Waals surface area contributed by atoms with E-state index >= 15 is 0 Å². The van der Waals surface area contributed by atoms with E-state index in [0.717, 1.165) is 22.6 Å². The third-order valence-corrected chi connectivity index (χ3v) is 2.77. The average molecular weight is 255 g/mol. The van der Waals surface area contributed by atoms with Crippen LogP contribution in [-0.4, -0.2) is 12.8 Å². The first-order chi connectivity index (χ1) is 9.31. The molecule has 98 valence electrons. The van der Waals surface area contributed by atoms with Gasteiger partial charge in [0.25, 0.3) is 0 Å². The van der Waals surface area contributed by atoms with Gasteiger partial charge in [-0.3, -0.25) is 0 Å². The molecule has 2 rings (SSSR count). The largest absolute Gasteiger partial charge is 0.496 e. The molecule has 0 aliphatic carbocycles. The monoisotopic (exact) mass is 255 g/mol. The Bertz CT molecular complexity index is 550. The zero-order valence-corrected chi connectivity index (χ0v) is 11.2. The van der Waals surface area contributed by atoms with Gasteiger partial charge in [-0.1, -0.05) is 47.6 Å².